The molecule has 1 amide bonds. The molecule has 1 aliphatic heterocycles. The first-order chi connectivity index (χ1) is 15.6. The number of hydrogen-bond acceptors (Lipinski definition) is 3. The fourth-order valence-corrected chi connectivity index (χ4v) is 5.23. The van der Waals surface area contributed by atoms with Crippen molar-refractivity contribution in [2.24, 2.45) is 0 Å². The Balaban J connectivity index is 1.37. The molecule has 1 atom stereocenters. The van der Waals surface area contributed by atoms with Crippen LogP contribution in [0.5, 0.6) is 0 Å². The molecule has 5 rings (SSSR count). The zero-order valence-corrected chi connectivity index (χ0v) is 17.7. The highest BCUT2D eigenvalue weighted by atomic mass is 16.6. The number of benzene rings is 3. The van der Waals surface area contributed by atoms with Crippen LogP contribution in [0.2, 0.25) is 0 Å². The lowest BCUT2D eigenvalue weighted by Gasteiger charge is -2.34. The van der Waals surface area contributed by atoms with Crippen molar-refractivity contribution in [3.63, 3.8) is 0 Å². The molecule has 2 aliphatic rings. The molecular weight excluding hydrogens is 402 g/mol. The summed E-state index contributed by atoms with van der Waals surface area (Å²) < 4.78 is 5.79. The van der Waals surface area contributed by atoms with Gasteiger partial charge in [-0.25, -0.2) is 9.59 Å². The minimum Gasteiger partial charge on any atom is -0.479 e. The average Bonchev–Trinajstić information content (AvgIpc) is 3.38. The molecule has 162 valence electrons. The summed E-state index contributed by atoms with van der Waals surface area (Å²) in [4.78, 5) is 27.0. The van der Waals surface area contributed by atoms with Crippen LogP contribution in [0.15, 0.2) is 78.9 Å². The summed E-state index contributed by atoms with van der Waals surface area (Å²) in [6, 6.07) is 25.8. The summed E-state index contributed by atoms with van der Waals surface area (Å²) in [5.41, 5.74) is 4.22. The number of fused-ring (bicyclic) bond motifs is 3. The largest absolute Gasteiger partial charge is 0.479 e. The first-order valence-corrected chi connectivity index (χ1v) is 11.0. The van der Waals surface area contributed by atoms with E-state index in [2.05, 4.69) is 24.3 Å². The molecule has 0 unspecified atom stereocenters. The van der Waals surface area contributed by atoms with E-state index in [1.54, 1.807) is 0 Å². The topological polar surface area (TPSA) is 66.8 Å². The highest BCUT2D eigenvalue weighted by Crippen LogP contribution is 2.44. The Morgan fingerprint density at radius 1 is 0.906 bits per heavy atom. The Morgan fingerprint density at radius 3 is 2.12 bits per heavy atom. The van der Waals surface area contributed by atoms with Gasteiger partial charge in [-0.3, -0.25) is 4.90 Å². The molecule has 0 saturated carbocycles. The second-order valence-electron chi connectivity index (χ2n) is 8.56. The van der Waals surface area contributed by atoms with Crippen molar-refractivity contribution in [2.75, 3.05) is 13.2 Å². The molecule has 3 aromatic rings. The normalized spacial score (nSPS) is 19.4. The van der Waals surface area contributed by atoms with Gasteiger partial charge in [0.05, 0.1) is 0 Å². The van der Waals surface area contributed by atoms with Crippen LogP contribution >= 0.6 is 0 Å². The number of carbonyl (C=O) groups excluding carboxylic acids is 1. The molecule has 1 aliphatic carbocycles. The zero-order valence-electron chi connectivity index (χ0n) is 17.7. The molecule has 1 saturated heterocycles. The molecule has 0 aromatic heterocycles. The number of carbonyl (C=O) groups is 2. The van der Waals surface area contributed by atoms with Gasteiger partial charge in [-0.2, -0.15) is 0 Å². The molecule has 0 radical (unpaired) electrons. The second kappa shape index (κ2) is 8.15. The van der Waals surface area contributed by atoms with Gasteiger partial charge in [-0.1, -0.05) is 78.9 Å². The van der Waals surface area contributed by atoms with Gasteiger partial charge >= 0.3 is 12.1 Å². The van der Waals surface area contributed by atoms with E-state index in [-0.39, 0.29) is 18.9 Å². The number of nitrogens with zero attached hydrogens (tertiary/aromatic N) is 1. The molecule has 0 bridgehead atoms. The predicted octanol–water partition coefficient (Wildman–Crippen LogP) is 5.10. The fraction of sp³-hybridized carbons (Fsp3) is 0.259. The van der Waals surface area contributed by atoms with Crippen LogP contribution in [-0.2, 0) is 16.0 Å². The van der Waals surface area contributed by atoms with Gasteiger partial charge in [0.1, 0.15) is 12.1 Å². The van der Waals surface area contributed by atoms with Crippen LogP contribution in [0.4, 0.5) is 4.79 Å². The fourth-order valence-electron chi connectivity index (χ4n) is 5.23. The summed E-state index contributed by atoms with van der Waals surface area (Å²) in [5, 5.41) is 10.1. The number of ether oxygens (including phenoxy) is 1. The number of likely N-dealkylation sites (tertiary alicyclic amines) is 1. The van der Waals surface area contributed by atoms with E-state index in [4.69, 9.17) is 4.74 Å². The number of carboxylic acid groups (broad SMARTS) is 1. The molecule has 32 heavy (non-hydrogen) atoms. The van der Waals surface area contributed by atoms with E-state index in [0.29, 0.717) is 19.4 Å². The smallest absolute Gasteiger partial charge is 0.410 e. The van der Waals surface area contributed by atoms with E-state index >= 15 is 0 Å². The highest BCUT2D eigenvalue weighted by Gasteiger charge is 2.51. The Labute approximate surface area is 187 Å². The van der Waals surface area contributed by atoms with E-state index < -0.39 is 17.6 Å². The summed E-state index contributed by atoms with van der Waals surface area (Å²) >= 11 is 0. The van der Waals surface area contributed by atoms with Crippen molar-refractivity contribution in [3.05, 3.63) is 95.6 Å². The van der Waals surface area contributed by atoms with Gasteiger partial charge < -0.3 is 9.84 Å². The van der Waals surface area contributed by atoms with Crippen LogP contribution in [0.25, 0.3) is 11.1 Å². The molecular formula is C27H25NO4. The van der Waals surface area contributed by atoms with E-state index in [9.17, 15) is 14.7 Å². The molecule has 3 aromatic carbocycles. The van der Waals surface area contributed by atoms with Gasteiger partial charge in [0.2, 0.25) is 0 Å². The Morgan fingerprint density at radius 2 is 1.50 bits per heavy atom. The Bertz CT molecular complexity index is 1110. The molecule has 1 heterocycles. The number of hydrogen-bond donors (Lipinski definition) is 1. The third-order valence-electron chi connectivity index (χ3n) is 6.78. The molecule has 1 N–H and O–H groups in total. The summed E-state index contributed by atoms with van der Waals surface area (Å²) in [6.07, 6.45) is 0.778. The zero-order chi connectivity index (χ0) is 22.1. The predicted molar refractivity (Wildman–Crippen MR) is 122 cm³/mol. The molecule has 0 spiro atoms. The van der Waals surface area contributed by atoms with Crippen molar-refractivity contribution < 1.29 is 19.4 Å². The minimum atomic E-state index is -1.27. The van der Waals surface area contributed by atoms with Crippen molar-refractivity contribution >= 4 is 12.1 Å². The first-order valence-electron chi connectivity index (χ1n) is 11.0. The summed E-state index contributed by atoms with van der Waals surface area (Å²) in [7, 11) is 0. The first kappa shape index (κ1) is 20.3. The van der Waals surface area contributed by atoms with Gasteiger partial charge in [-0.15, -0.1) is 0 Å². The standard InChI is InChI=1S/C27H25NO4/c29-25(30)27(17-19-9-2-1-3-10-19)15-8-16-28(27)26(31)32-18-24-22-13-6-4-11-20(22)21-12-5-7-14-23(21)24/h1-7,9-14,24H,8,15-18H2,(H,29,30)/t27-/m1/s1. The maximum atomic E-state index is 13.2. The van der Waals surface area contributed by atoms with Crippen molar-refractivity contribution in [3.8, 4) is 11.1 Å². The number of amides is 1. The molecule has 1 fully saturated rings. The van der Waals surface area contributed by atoms with E-state index in [0.717, 1.165) is 27.8 Å². The number of rotatable bonds is 5. The van der Waals surface area contributed by atoms with Crippen molar-refractivity contribution in [1.82, 2.24) is 4.90 Å². The Hall–Kier alpha value is -3.60. The average molecular weight is 428 g/mol. The summed E-state index contributed by atoms with van der Waals surface area (Å²) in [5.74, 6) is -1.03. The number of aliphatic carboxylic acids is 1. The van der Waals surface area contributed by atoms with Crippen molar-refractivity contribution in [2.45, 2.75) is 30.7 Å². The lowest BCUT2D eigenvalue weighted by atomic mass is 9.88. The van der Waals surface area contributed by atoms with Gasteiger partial charge in [0.25, 0.3) is 0 Å². The SMILES string of the molecule is O=C(OCC1c2ccccc2-c2ccccc21)N1CCC[C@@]1(Cc1ccccc1)C(=O)O. The molecule has 5 heteroatoms. The van der Waals surface area contributed by atoms with Crippen LogP contribution in [0.3, 0.4) is 0 Å². The third-order valence-corrected chi connectivity index (χ3v) is 6.78. The van der Waals surface area contributed by atoms with E-state index in [1.165, 1.54) is 4.90 Å². The van der Waals surface area contributed by atoms with E-state index in [1.807, 2.05) is 54.6 Å². The van der Waals surface area contributed by atoms with Gasteiger partial charge in [-0.05, 0) is 40.7 Å². The van der Waals surface area contributed by atoms with Crippen LogP contribution in [0.1, 0.15) is 35.4 Å². The van der Waals surface area contributed by atoms with Gasteiger partial charge in [0.15, 0.2) is 0 Å². The second-order valence-corrected chi connectivity index (χ2v) is 8.56. The summed E-state index contributed by atoms with van der Waals surface area (Å²) in [6.45, 7) is 0.570. The number of carboxylic acids is 1. The van der Waals surface area contributed by atoms with Crippen molar-refractivity contribution in [1.29, 1.82) is 0 Å². The van der Waals surface area contributed by atoms with Crippen LogP contribution < -0.4 is 0 Å². The molecule has 5 nitrogen and oxygen atoms in total. The van der Waals surface area contributed by atoms with Crippen LogP contribution in [0, 0.1) is 0 Å². The maximum absolute atomic E-state index is 13.2. The van der Waals surface area contributed by atoms with Gasteiger partial charge in [0, 0.05) is 18.9 Å². The lowest BCUT2D eigenvalue weighted by molar-refractivity contribution is -0.148. The Kier molecular flexibility index (Phi) is 5.17. The maximum Gasteiger partial charge on any atom is 0.410 e. The third kappa shape index (κ3) is 3.34. The monoisotopic (exact) mass is 427 g/mol. The van der Waals surface area contributed by atoms with Crippen LogP contribution in [-0.4, -0.2) is 40.8 Å². The minimum absolute atomic E-state index is 0.0534. The lowest BCUT2D eigenvalue weighted by Crippen LogP contribution is -2.54. The quantitative estimate of drug-likeness (QED) is 0.615. The highest BCUT2D eigenvalue weighted by molar-refractivity contribution is 5.86.